The lowest BCUT2D eigenvalue weighted by Gasteiger charge is -2.45. The van der Waals surface area contributed by atoms with Crippen LogP contribution in [0.3, 0.4) is 0 Å². The minimum Gasteiger partial charge on any atom is -0.355 e. The van der Waals surface area contributed by atoms with Crippen LogP contribution < -0.4 is 10.6 Å². The Hall–Kier alpha value is -0.610. The molecule has 3 fully saturated rings. The predicted octanol–water partition coefficient (Wildman–Crippen LogP) is 0.196. The quantitative estimate of drug-likeness (QED) is 0.702. The van der Waals surface area contributed by atoms with Crippen molar-refractivity contribution in [2.75, 3.05) is 32.7 Å². The number of amides is 1. The summed E-state index contributed by atoms with van der Waals surface area (Å²) in [5, 5.41) is 6.31. The fraction of sp³-hybridized carbons (Fsp3) is 0.917. The molecule has 2 N–H and O–H groups in total. The van der Waals surface area contributed by atoms with Crippen molar-refractivity contribution in [1.29, 1.82) is 0 Å². The first-order valence-electron chi connectivity index (χ1n) is 6.52. The lowest BCUT2D eigenvalue weighted by molar-refractivity contribution is -0.120. The Bertz CT molecular complexity index is 236. The topological polar surface area (TPSA) is 44.4 Å². The van der Waals surface area contributed by atoms with Crippen molar-refractivity contribution in [2.45, 2.75) is 32.2 Å². The van der Waals surface area contributed by atoms with Crippen LogP contribution in [0.2, 0.25) is 0 Å². The van der Waals surface area contributed by atoms with E-state index in [0.29, 0.717) is 12.6 Å². The Labute approximate surface area is 97.8 Å². The molecule has 2 bridgehead atoms. The molecule has 0 spiro atoms. The summed E-state index contributed by atoms with van der Waals surface area (Å²) in [5.74, 6) is 0.933. The fourth-order valence-electron chi connectivity index (χ4n) is 2.75. The van der Waals surface area contributed by atoms with E-state index in [-0.39, 0.29) is 5.91 Å². The summed E-state index contributed by atoms with van der Waals surface area (Å²) in [6.07, 6.45) is 3.61. The van der Waals surface area contributed by atoms with Gasteiger partial charge in [-0.05, 0) is 38.3 Å². The van der Waals surface area contributed by atoms with Gasteiger partial charge in [-0.2, -0.15) is 0 Å². The Morgan fingerprint density at radius 1 is 1.38 bits per heavy atom. The summed E-state index contributed by atoms with van der Waals surface area (Å²) < 4.78 is 0. The number of nitrogens with zero attached hydrogens (tertiary/aromatic N) is 1. The molecule has 0 saturated carbocycles. The molecule has 1 atom stereocenters. The van der Waals surface area contributed by atoms with Crippen LogP contribution in [-0.4, -0.2) is 49.6 Å². The lowest BCUT2D eigenvalue weighted by atomic mass is 9.84. The molecule has 0 aromatic carbocycles. The summed E-state index contributed by atoms with van der Waals surface area (Å²) in [7, 11) is 0. The summed E-state index contributed by atoms with van der Waals surface area (Å²) in [6, 6.07) is 0.537. The highest BCUT2D eigenvalue weighted by Gasteiger charge is 2.33. The fourth-order valence-corrected chi connectivity index (χ4v) is 2.75. The monoisotopic (exact) mass is 225 g/mol. The van der Waals surface area contributed by atoms with Gasteiger partial charge in [0.05, 0.1) is 6.54 Å². The Kier molecular flexibility index (Phi) is 4.18. The molecule has 4 heteroatoms. The van der Waals surface area contributed by atoms with Crippen LogP contribution in [0, 0.1) is 5.92 Å². The highest BCUT2D eigenvalue weighted by molar-refractivity contribution is 5.77. The first kappa shape index (κ1) is 11.9. The molecule has 0 aromatic heterocycles. The minimum atomic E-state index is 0.137. The van der Waals surface area contributed by atoms with Gasteiger partial charge in [0.2, 0.25) is 5.91 Å². The third-order valence-electron chi connectivity index (χ3n) is 3.75. The summed E-state index contributed by atoms with van der Waals surface area (Å²) in [5.41, 5.74) is 0. The van der Waals surface area contributed by atoms with Gasteiger partial charge >= 0.3 is 0 Å². The van der Waals surface area contributed by atoms with Crippen molar-refractivity contribution >= 4 is 5.91 Å². The number of carbonyl (C=O) groups excluding carboxylic acids is 1. The predicted molar refractivity (Wildman–Crippen MR) is 64.3 cm³/mol. The van der Waals surface area contributed by atoms with Crippen molar-refractivity contribution in [3.8, 4) is 0 Å². The maximum Gasteiger partial charge on any atom is 0.233 e. The van der Waals surface area contributed by atoms with Crippen LogP contribution in [0.15, 0.2) is 0 Å². The number of nitrogens with one attached hydrogen (secondary N) is 2. The number of rotatable bonds is 5. The molecule has 3 rings (SSSR count). The van der Waals surface area contributed by atoms with E-state index in [9.17, 15) is 4.79 Å². The molecule has 1 amide bonds. The zero-order valence-corrected chi connectivity index (χ0v) is 10.2. The summed E-state index contributed by atoms with van der Waals surface area (Å²) in [4.78, 5) is 14.0. The van der Waals surface area contributed by atoms with Crippen molar-refractivity contribution < 1.29 is 4.79 Å². The van der Waals surface area contributed by atoms with Crippen molar-refractivity contribution in [3.05, 3.63) is 0 Å². The van der Waals surface area contributed by atoms with Crippen molar-refractivity contribution in [1.82, 2.24) is 15.5 Å². The number of piperidine rings is 3. The van der Waals surface area contributed by atoms with Gasteiger partial charge < -0.3 is 15.5 Å². The van der Waals surface area contributed by atoms with Gasteiger partial charge in [-0.15, -0.1) is 0 Å². The molecule has 1 unspecified atom stereocenters. The number of fused-ring (bicyclic) bond motifs is 3. The summed E-state index contributed by atoms with van der Waals surface area (Å²) >= 11 is 0. The second-order valence-electron chi connectivity index (χ2n) is 4.98. The van der Waals surface area contributed by atoms with E-state index >= 15 is 0 Å². The third-order valence-corrected chi connectivity index (χ3v) is 3.75. The van der Waals surface area contributed by atoms with E-state index in [1.165, 1.54) is 25.9 Å². The molecule has 3 aliphatic heterocycles. The molecular formula is C12H23N3O. The van der Waals surface area contributed by atoms with Crippen LogP contribution in [0.4, 0.5) is 0 Å². The minimum absolute atomic E-state index is 0.137. The van der Waals surface area contributed by atoms with Crippen molar-refractivity contribution in [3.63, 3.8) is 0 Å². The van der Waals surface area contributed by atoms with Crippen LogP contribution >= 0.6 is 0 Å². The number of hydrogen-bond donors (Lipinski definition) is 2. The van der Waals surface area contributed by atoms with Crippen LogP contribution in [-0.2, 0) is 4.79 Å². The highest BCUT2D eigenvalue weighted by atomic mass is 16.1. The lowest BCUT2D eigenvalue weighted by Crippen LogP contribution is -2.57. The first-order valence-corrected chi connectivity index (χ1v) is 6.52. The second kappa shape index (κ2) is 5.64. The largest absolute Gasteiger partial charge is 0.355 e. The SMILES string of the molecule is CCCNC(=O)CNC1CN2CCC1CC2. The second-order valence-corrected chi connectivity index (χ2v) is 4.98. The zero-order valence-electron chi connectivity index (χ0n) is 10.2. The molecule has 16 heavy (non-hydrogen) atoms. The average molecular weight is 225 g/mol. The molecule has 0 aromatic rings. The van der Waals surface area contributed by atoms with E-state index < -0.39 is 0 Å². The highest BCUT2D eigenvalue weighted by Crippen LogP contribution is 2.27. The maximum atomic E-state index is 11.5. The molecule has 92 valence electrons. The Morgan fingerprint density at radius 2 is 2.12 bits per heavy atom. The van der Waals surface area contributed by atoms with Crippen LogP contribution in [0.5, 0.6) is 0 Å². The molecule has 3 heterocycles. The van der Waals surface area contributed by atoms with Gasteiger partial charge in [0.25, 0.3) is 0 Å². The van der Waals surface area contributed by atoms with Gasteiger partial charge in [0.1, 0.15) is 0 Å². The van der Waals surface area contributed by atoms with Gasteiger partial charge in [0, 0.05) is 19.1 Å². The average Bonchev–Trinajstić information content (AvgIpc) is 2.35. The van der Waals surface area contributed by atoms with Crippen molar-refractivity contribution in [2.24, 2.45) is 5.92 Å². The molecule has 0 radical (unpaired) electrons. The summed E-state index contributed by atoms with van der Waals surface area (Å²) in [6.45, 7) is 6.98. The van der Waals surface area contributed by atoms with Crippen LogP contribution in [0.25, 0.3) is 0 Å². The maximum absolute atomic E-state index is 11.5. The van der Waals surface area contributed by atoms with Gasteiger partial charge in [-0.25, -0.2) is 0 Å². The smallest absolute Gasteiger partial charge is 0.233 e. The molecular weight excluding hydrogens is 202 g/mol. The Morgan fingerprint density at radius 3 is 2.69 bits per heavy atom. The van der Waals surface area contributed by atoms with E-state index in [2.05, 4.69) is 22.5 Å². The third kappa shape index (κ3) is 2.95. The molecule has 3 aliphatic rings. The number of hydrogen-bond acceptors (Lipinski definition) is 3. The van der Waals surface area contributed by atoms with Gasteiger partial charge in [0.15, 0.2) is 0 Å². The molecule has 0 aliphatic carbocycles. The van der Waals surface area contributed by atoms with Crippen LogP contribution in [0.1, 0.15) is 26.2 Å². The Balaban J connectivity index is 1.68. The zero-order chi connectivity index (χ0) is 11.4. The van der Waals surface area contributed by atoms with Gasteiger partial charge in [-0.1, -0.05) is 6.92 Å². The number of carbonyl (C=O) groups is 1. The van der Waals surface area contributed by atoms with E-state index in [1.807, 2.05) is 0 Å². The van der Waals surface area contributed by atoms with E-state index in [0.717, 1.165) is 25.4 Å². The first-order chi connectivity index (χ1) is 7.79. The van der Waals surface area contributed by atoms with E-state index in [1.54, 1.807) is 0 Å². The van der Waals surface area contributed by atoms with Gasteiger partial charge in [-0.3, -0.25) is 4.79 Å². The standard InChI is InChI=1S/C12H23N3O/c1-2-5-13-12(16)8-14-11-9-15-6-3-10(11)4-7-15/h10-11,14H,2-9H2,1H3,(H,13,16). The normalized spacial score (nSPS) is 32.7. The molecule has 3 saturated heterocycles. The molecule has 4 nitrogen and oxygen atoms in total. The van der Waals surface area contributed by atoms with E-state index in [4.69, 9.17) is 0 Å².